The maximum absolute atomic E-state index is 12.9. The van der Waals surface area contributed by atoms with Crippen molar-refractivity contribution in [1.82, 2.24) is 0 Å². The second kappa shape index (κ2) is 8.29. The molecular formula is C22H16F3NO6. The van der Waals surface area contributed by atoms with Gasteiger partial charge in [-0.15, -0.1) is 0 Å². The molecule has 32 heavy (non-hydrogen) atoms. The van der Waals surface area contributed by atoms with Crippen molar-refractivity contribution in [1.29, 1.82) is 0 Å². The minimum Gasteiger partial charge on any atom is -0.454 e. The first-order valence-corrected chi connectivity index (χ1v) is 9.39. The van der Waals surface area contributed by atoms with E-state index < -0.39 is 29.7 Å². The van der Waals surface area contributed by atoms with Crippen LogP contribution in [0.1, 0.15) is 23.0 Å². The Morgan fingerprint density at radius 1 is 1.03 bits per heavy atom. The van der Waals surface area contributed by atoms with Gasteiger partial charge in [0.25, 0.3) is 5.91 Å². The summed E-state index contributed by atoms with van der Waals surface area (Å²) in [5.41, 5.74) is -0.274. The van der Waals surface area contributed by atoms with E-state index in [4.69, 9.17) is 18.6 Å². The highest BCUT2D eigenvalue weighted by atomic mass is 19.4. The number of hydrogen-bond acceptors (Lipinski definition) is 6. The van der Waals surface area contributed by atoms with E-state index in [0.29, 0.717) is 17.2 Å². The van der Waals surface area contributed by atoms with Crippen LogP contribution in [-0.4, -0.2) is 24.8 Å². The molecule has 4 rings (SSSR count). The molecule has 0 radical (unpaired) electrons. The molecule has 2 heterocycles. The van der Waals surface area contributed by atoms with Gasteiger partial charge in [-0.25, -0.2) is 4.79 Å². The van der Waals surface area contributed by atoms with Crippen LogP contribution in [0.4, 0.5) is 18.9 Å². The largest absolute Gasteiger partial charge is 0.454 e. The number of alkyl halides is 3. The molecule has 1 N–H and O–H groups in total. The minimum absolute atomic E-state index is 0.0560. The minimum atomic E-state index is -4.51. The topological polar surface area (TPSA) is 87.0 Å². The molecule has 2 aromatic carbocycles. The van der Waals surface area contributed by atoms with E-state index in [-0.39, 0.29) is 23.9 Å². The van der Waals surface area contributed by atoms with E-state index >= 15 is 0 Å². The summed E-state index contributed by atoms with van der Waals surface area (Å²) < 4.78 is 59.6. The first-order valence-electron chi connectivity index (χ1n) is 9.39. The number of furan rings is 1. The second-order valence-corrected chi connectivity index (χ2v) is 6.85. The lowest BCUT2D eigenvalue weighted by molar-refractivity contribution is -0.137. The van der Waals surface area contributed by atoms with Crippen LogP contribution in [-0.2, 0) is 15.7 Å². The number of anilines is 1. The summed E-state index contributed by atoms with van der Waals surface area (Å²) in [7, 11) is 0. The maximum atomic E-state index is 12.9. The van der Waals surface area contributed by atoms with Crippen molar-refractivity contribution in [3.8, 4) is 22.8 Å². The van der Waals surface area contributed by atoms with E-state index in [0.717, 1.165) is 12.1 Å². The third kappa shape index (κ3) is 4.53. The summed E-state index contributed by atoms with van der Waals surface area (Å²) in [6.45, 7) is 1.46. The van der Waals surface area contributed by atoms with Crippen molar-refractivity contribution < 1.29 is 41.4 Å². The van der Waals surface area contributed by atoms with Gasteiger partial charge < -0.3 is 23.9 Å². The molecular weight excluding hydrogens is 431 g/mol. The third-order valence-electron chi connectivity index (χ3n) is 4.57. The van der Waals surface area contributed by atoms with Gasteiger partial charge in [-0.1, -0.05) is 12.1 Å². The predicted octanol–water partition coefficient (Wildman–Crippen LogP) is 4.88. The molecule has 0 spiro atoms. The molecule has 10 heteroatoms. The summed E-state index contributed by atoms with van der Waals surface area (Å²) in [6, 6.07) is 11.9. The second-order valence-electron chi connectivity index (χ2n) is 6.85. The number of hydrogen-bond donors (Lipinski definition) is 1. The Balaban J connectivity index is 1.40. The summed E-state index contributed by atoms with van der Waals surface area (Å²) in [5, 5.41) is 2.59. The van der Waals surface area contributed by atoms with Gasteiger partial charge in [-0.3, -0.25) is 4.79 Å². The molecule has 0 bridgehead atoms. The number of rotatable bonds is 5. The van der Waals surface area contributed by atoms with E-state index in [1.807, 2.05) is 0 Å². The van der Waals surface area contributed by atoms with Crippen molar-refractivity contribution >= 4 is 17.6 Å². The average molecular weight is 447 g/mol. The van der Waals surface area contributed by atoms with Crippen molar-refractivity contribution in [3.05, 3.63) is 65.9 Å². The van der Waals surface area contributed by atoms with Crippen LogP contribution in [0, 0.1) is 0 Å². The number of esters is 1. The van der Waals surface area contributed by atoms with Gasteiger partial charge >= 0.3 is 12.1 Å². The maximum Gasteiger partial charge on any atom is 0.416 e. The van der Waals surface area contributed by atoms with Crippen molar-refractivity contribution in [2.24, 2.45) is 0 Å². The zero-order chi connectivity index (χ0) is 22.9. The van der Waals surface area contributed by atoms with E-state index in [1.54, 1.807) is 18.2 Å². The SMILES string of the molecule is CC(OC(=O)c1ccc(-c2cccc(C(F)(F)F)c2)o1)C(=O)Nc1ccc2c(c1)OCO2. The first-order chi connectivity index (χ1) is 15.2. The van der Waals surface area contributed by atoms with Crippen LogP contribution in [0.25, 0.3) is 11.3 Å². The Kier molecular flexibility index (Phi) is 5.52. The highest BCUT2D eigenvalue weighted by Gasteiger charge is 2.31. The van der Waals surface area contributed by atoms with Crippen molar-refractivity contribution in [2.45, 2.75) is 19.2 Å². The summed E-state index contributed by atoms with van der Waals surface area (Å²) in [6.07, 6.45) is -5.68. The molecule has 166 valence electrons. The van der Waals surface area contributed by atoms with Crippen LogP contribution < -0.4 is 14.8 Å². The van der Waals surface area contributed by atoms with Gasteiger partial charge in [-0.2, -0.15) is 13.2 Å². The zero-order valence-electron chi connectivity index (χ0n) is 16.6. The fourth-order valence-electron chi connectivity index (χ4n) is 2.94. The zero-order valence-corrected chi connectivity index (χ0v) is 16.6. The molecule has 1 amide bonds. The molecule has 0 fully saturated rings. The number of ether oxygens (including phenoxy) is 3. The van der Waals surface area contributed by atoms with Crippen molar-refractivity contribution in [3.63, 3.8) is 0 Å². The number of benzene rings is 2. The monoisotopic (exact) mass is 447 g/mol. The van der Waals surface area contributed by atoms with E-state index in [2.05, 4.69) is 5.32 Å². The van der Waals surface area contributed by atoms with Gasteiger partial charge in [0, 0.05) is 17.3 Å². The van der Waals surface area contributed by atoms with Crippen LogP contribution in [0.3, 0.4) is 0 Å². The molecule has 1 atom stereocenters. The van der Waals surface area contributed by atoms with E-state index in [1.165, 1.54) is 31.2 Å². The Morgan fingerprint density at radius 3 is 2.59 bits per heavy atom. The highest BCUT2D eigenvalue weighted by molar-refractivity contribution is 5.97. The Hall–Kier alpha value is -3.95. The molecule has 1 aliphatic rings. The van der Waals surface area contributed by atoms with Gasteiger partial charge in [-0.05, 0) is 43.3 Å². The van der Waals surface area contributed by atoms with Crippen LogP contribution in [0.2, 0.25) is 0 Å². The van der Waals surface area contributed by atoms with Crippen LogP contribution >= 0.6 is 0 Å². The molecule has 1 aliphatic heterocycles. The lowest BCUT2D eigenvalue weighted by atomic mass is 10.1. The lowest BCUT2D eigenvalue weighted by Crippen LogP contribution is -2.29. The fourth-order valence-corrected chi connectivity index (χ4v) is 2.94. The number of fused-ring (bicyclic) bond motifs is 1. The molecule has 0 saturated heterocycles. The predicted molar refractivity (Wildman–Crippen MR) is 105 cm³/mol. The van der Waals surface area contributed by atoms with Crippen LogP contribution in [0.15, 0.2) is 59.0 Å². The number of halogens is 3. The summed E-state index contributed by atoms with van der Waals surface area (Å²) in [4.78, 5) is 24.7. The van der Waals surface area contributed by atoms with Crippen LogP contribution in [0.5, 0.6) is 11.5 Å². The number of nitrogens with one attached hydrogen (secondary N) is 1. The highest BCUT2D eigenvalue weighted by Crippen LogP contribution is 2.34. The molecule has 0 aliphatic carbocycles. The Morgan fingerprint density at radius 2 is 1.81 bits per heavy atom. The normalized spacial score (nSPS) is 13.5. The Bertz CT molecular complexity index is 1170. The van der Waals surface area contributed by atoms with Gasteiger partial charge in [0.05, 0.1) is 5.56 Å². The first kappa shape index (κ1) is 21.3. The lowest BCUT2D eigenvalue weighted by Gasteiger charge is -2.13. The van der Waals surface area contributed by atoms with Gasteiger partial charge in [0.15, 0.2) is 17.6 Å². The summed E-state index contributed by atoms with van der Waals surface area (Å²) in [5.74, 6) is -0.693. The van der Waals surface area contributed by atoms with Crippen molar-refractivity contribution in [2.75, 3.05) is 12.1 Å². The molecule has 1 unspecified atom stereocenters. The molecule has 7 nitrogen and oxygen atoms in total. The molecule has 0 saturated carbocycles. The molecule has 1 aromatic heterocycles. The number of amides is 1. The third-order valence-corrected chi connectivity index (χ3v) is 4.57. The standard InChI is InChI=1S/C22H16F3NO6/c1-12(20(27)26-15-5-6-17-19(10-15)30-11-29-17)31-21(28)18-8-7-16(32-18)13-3-2-4-14(9-13)22(23,24)25/h2-10,12H,11H2,1H3,(H,26,27). The average Bonchev–Trinajstić information content (AvgIpc) is 3.42. The number of carbonyl (C=O) groups is 2. The van der Waals surface area contributed by atoms with Gasteiger partial charge in [0.2, 0.25) is 12.6 Å². The Labute approximate surface area is 179 Å². The number of carbonyl (C=O) groups excluding carboxylic acids is 2. The quantitative estimate of drug-likeness (QED) is 0.561. The van der Waals surface area contributed by atoms with E-state index in [9.17, 15) is 22.8 Å². The summed E-state index contributed by atoms with van der Waals surface area (Å²) >= 11 is 0. The molecule has 3 aromatic rings. The smallest absolute Gasteiger partial charge is 0.416 e. The fraction of sp³-hybridized carbons (Fsp3) is 0.182. The van der Waals surface area contributed by atoms with Gasteiger partial charge in [0.1, 0.15) is 5.76 Å².